The van der Waals surface area contributed by atoms with E-state index >= 15 is 0 Å². The van der Waals surface area contributed by atoms with Crippen LogP contribution in [0.4, 0.5) is 0 Å². The van der Waals surface area contributed by atoms with E-state index < -0.39 is 99.3 Å². The molecule has 15 heteroatoms. The zero-order valence-corrected chi connectivity index (χ0v) is 42.5. The molecule has 2 fully saturated rings. The number of esters is 2. The zero-order chi connectivity index (χ0) is 50.3. The van der Waals surface area contributed by atoms with Crippen molar-refractivity contribution in [3.05, 3.63) is 36.5 Å². The molecule has 2 heterocycles. The van der Waals surface area contributed by atoms with Gasteiger partial charge in [-0.25, -0.2) is 0 Å². The van der Waals surface area contributed by atoms with Gasteiger partial charge in [-0.1, -0.05) is 179 Å². The van der Waals surface area contributed by atoms with Gasteiger partial charge in [0.1, 0.15) is 55.4 Å². The molecule has 2 aliphatic heterocycles. The topological polar surface area (TPSA) is 231 Å². The van der Waals surface area contributed by atoms with Gasteiger partial charge >= 0.3 is 11.9 Å². The Bertz CT molecular complexity index is 1340. The van der Waals surface area contributed by atoms with Crippen LogP contribution in [-0.4, -0.2) is 142 Å². The standard InChI is InChI=1S/C54H96O15/c1-3-5-7-9-11-13-15-17-19-21-23-24-26-28-30-32-34-36-45(56)64-39-42(67-46(57)37-35-33-31-29-27-25-22-20-18-16-14-12-10-8-6-4-2)40-65-53-52(63)50(61)48(59)44(69-53)41-66-54-51(62)49(60)47(58)43(38-55)68-54/h17,19,23-24,28,30,42-44,47-55,58-63H,3-16,18,20-22,25-27,29,31-41H2,1-2H3/b19-17+,24-23+,30-28+/t42-,43+,44+,47-,48-,49?,50?,51?,52?,53+,54+/m0/s1. The van der Waals surface area contributed by atoms with Crippen molar-refractivity contribution in [3.8, 4) is 0 Å². The Hall–Kier alpha value is -2.28. The summed E-state index contributed by atoms with van der Waals surface area (Å²) in [7, 11) is 0. The van der Waals surface area contributed by atoms with Gasteiger partial charge in [0.2, 0.25) is 0 Å². The van der Waals surface area contributed by atoms with Gasteiger partial charge in [0, 0.05) is 12.8 Å². The number of aliphatic hydroxyl groups excluding tert-OH is 7. The first kappa shape index (κ1) is 62.8. The van der Waals surface area contributed by atoms with Crippen molar-refractivity contribution in [1.82, 2.24) is 0 Å². The van der Waals surface area contributed by atoms with Crippen LogP contribution in [0, 0.1) is 0 Å². The zero-order valence-electron chi connectivity index (χ0n) is 42.5. The Morgan fingerprint density at radius 2 is 0.884 bits per heavy atom. The van der Waals surface area contributed by atoms with Crippen LogP contribution < -0.4 is 0 Å². The molecule has 0 radical (unpaired) electrons. The Balaban J connectivity index is 1.81. The highest BCUT2D eigenvalue weighted by Gasteiger charge is 2.47. The molecule has 69 heavy (non-hydrogen) atoms. The summed E-state index contributed by atoms with van der Waals surface area (Å²) >= 11 is 0. The third kappa shape index (κ3) is 29.1. The second-order valence-corrected chi connectivity index (χ2v) is 19.1. The maximum Gasteiger partial charge on any atom is 0.306 e. The smallest absolute Gasteiger partial charge is 0.306 e. The normalized spacial score (nSPS) is 25.8. The maximum atomic E-state index is 13.0. The van der Waals surface area contributed by atoms with Gasteiger partial charge in [-0.2, -0.15) is 0 Å². The molecule has 0 aromatic carbocycles. The van der Waals surface area contributed by atoms with E-state index in [4.69, 9.17) is 28.4 Å². The summed E-state index contributed by atoms with van der Waals surface area (Å²) in [4.78, 5) is 25.8. The predicted molar refractivity (Wildman–Crippen MR) is 266 cm³/mol. The van der Waals surface area contributed by atoms with E-state index in [0.29, 0.717) is 19.3 Å². The molecule has 0 saturated carbocycles. The molecule has 15 nitrogen and oxygen atoms in total. The fourth-order valence-corrected chi connectivity index (χ4v) is 8.41. The van der Waals surface area contributed by atoms with Crippen molar-refractivity contribution in [1.29, 1.82) is 0 Å². The van der Waals surface area contributed by atoms with Crippen molar-refractivity contribution < 1.29 is 73.8 Å². The number of ether oxygens (including phenoxy) is 6. The largest absolute Gasteiger partial charge is 0.462 e. The van der Waals surface area contributed by atoms with Gasteiger partial charge in [-0.05, 0) is 44.9 Å². The quantitative estimate of drug-likeness (QED) is 0.0174. The lowest BCUT2D eigenvalue weighted by atomic mass is 9.98. The molecular weight excluding hydrogens is 889 g/mol. The Morgan fingerprint density at radius 3 is 1.41 bits per heavy atom. The van der Waals surface area contributed by atoms with E-state index in [2.05, 4.69) is 44.2 Å². The Labute approximate surface area is 415 Å². The lowest BCUT2D eigenvalue weighted by Crippen LogP contribution is -2.61. The van der Waals surface area contributed by atoms with Gasteiger partial charge in [0.25, 0.3) is 0 Å². The van der Waals surface area contributed by atoms with Crippen molar-refractivity contribution in [2.75, 3.05) is 26.4 Å². The molecule has 2 rings (SSSR count). The van der Waals surface area contributed by atoms with Gasteiger partial charge < -0.3 is 64.2 Å². The average Bonchev–Trinajstić information content (AvgIpc) is 3.34. The second kappa shape index (κ2) is 41.2. The minimum absolute atomic E-state index is 0.148. The van der Waals surface area contributed by atoms with Gasteiger partial charge in [0.05, 0.1) is 19.8 Å². The molecule has 0 aliphatic carbocycles. The fourth-order valence-electron chi connectivity index (χ4n) is 8.41. The lowest BCUT2D eigenvalue weighted by Gasteiger charge is -2.42. The highest BCUT2D eigenvalue weighted by Crippen LogP contribution is 2.26. The van der Waals surface area contributed by atoms with Gasteiger partial charge in [-0.15, -0.1) is 0 Å². The van der Waals surface area contributed by atoms with Crippen molar-refractivity contribution in [2.45, 2.75) is 268 Å². The van der Waals surface area contributed by atoms with Crippen LogP contribution in [0.1, 0.15) is 200 Å². The Kier molecular flexibility index (Phi) is 37.5. The Morgan fingerprint density at radius 1 is 0.464 bits per heavy atom. The second-order valence-electron chi connectivity index (χ2n) is 19.1. The highest BCUT2D eigenvalue weighted by molar-refractivity contribution is 5.70. The maximum absolute atomic E-state index is 13.0. The van der Waals surface area contributed by atoms with Crippen LogP contribution in [0.15, 0.2) is 36.5 Å². The van der Waals surface area contributed by atoms with Crippen LogP contribution in [0.5, 0.6) is 0 Å². The van der Waals surface area contributed by atoms with Crippen molar-refractivity contribution in [3.63, 3.8) is 0 Å². The first-order valence-electron chi connectivity index (χ1n) is 27.1. The van der Waals surface area contributed by atoms with Gasteiger partial charge in [-0.3, -0.25) is 9.59 Å². The van der Waals surface area contributed by atoms with E-state index in [-0.39, 0.29) is 19.4 Å². The number of carbonyl (C=O) groups is 2. The fraction of sp³-hybridized carbons (Fsp3) is 0.852. The third-order valence-corrected chi connectivity index (χ3v) is 12.9. The minimum atomic E-state index is -1.77. The van der Waals surface area contributed by atoms with Crippen molar-refractivity contribution in [2.24, 2.45) is 0 Å². The monoisotopic (exact) mass is 985 g/mol. The molecule has 402 valence electrons. The van der Waals surface area contributed by atoms with Crippen LogP contribution in [0.25, 0.3) is 0 Å². The summed E-state index contributed by atoms with van der Waals surface area (Å²) in [6, 6.07) is 0. The summed E-state index contributed by atoms with van der Waals surface area (Å²) < 4.78 is 33.6. The van der Waals surface area contributed by atoms with E-state index in [1.54, 1.807) is 0 Å². The van der Waals surface area contributed by atoms with Gasteiger partial charge in [0.15, 0.2) is 18.7 Å². The molecule has 2 saturated heterocycles. The number of allylic oxidation sites excluding steroid dienone is 6. The number of carbonyl (C=O) groups excluding carboxylic acids is 2. The molecule has 4 unspecified atom stereocenters. The average molecular weight is 985 g/mol. The molecule has 2 aliphatic rings. The number of hydrogen-bond acceptors (Lipinski definition) is 15. The summed E-state index contributed by atoms with van der Waals surface area (Å²) in [6.45, 7) is 2.55. The first-order valence-corrected chi connectivity index (χ1v) is 27.1. The summed E-state index contributed by atoms with van der Waals surface area (Å²) in [5, 5.41) is 72.1. The van der Waals surface area contributed by atoms with Crippen molar-refractivity contribution >= 4 is 11.9 Å². The van der Waals surface area contributed by atoms with E-state index in [1.807, 2.05) is 6.08 Å². The van der Waals surface area contributed by atoms with Crippen LogP contribution in [0.3, 0.4) is 0 Å². The molecule has 0 aromatic rings. The first-order chi connectivity index (χ1) is 33.5. The van der Waals surface area contributed by atoms with E-state index in [9.17, 15) is 45.3 Å². The summed E-state index contributed by atoms with van der Waals surface area (Å²) in [6.07, 6.45) is 27.5. The molecular formula is C54H96O15. The third-order valence-electron chi connectivity index (χ3n) is 12.9. The molecule has 11 atom stereocenters. The summed E-state index contributed by atoms with van der Waals surface area (Å²) in [5.74, 6) is -0.979. The predicted octanol–water partition coefficient (Wildman–Crippen LogP) is 8.10. The minimum Gasteiger partial charge on any atom is -0.462 e. The van der Waals surface area contributed by atoms with Crippen LogP contribution in [-0.2, 0) is 38.0 Å². The molecule has 0 spiro atoms. The van der Waals surface area contributed by atoms with E-state index in [0.717, 1.165) is 38.5 Å². The van der Waals surface area contributed by atoms with Crippen LogP contribution >= 0.6 is 0 Å². The number of hydrogen-bond donors (Lipinski definition) is 7. The molecule has 0 aromatic heterocycles. The molecule has 0 amide bonds. The highest BCUT2D eigenvalue weighted by atomic mass is 16.7. The lowest BCUT2D eigenvalue weighted by molar-refractivity contribution is -0.332. The SMILES string of the molecule is CCCCCCCC/C=C/C/C=C/C/C=C/CCCC(=O)OC[C@@H](CO[C@@H]1O[C@H](CO[C@@H]2O[C@H](CO)[C@H](O)C(O)C2O)[C@H](O)C(O)C1O)OC(=O)CCCCCCCCCCCCCCCCCC. The van der Waals surface area contributed by atoms with Crippen LogP contribution in [0.2, 0.25) is 0 Å². The molecule has 0 bridgehead atoms. The number of rotatable bonds is 42. The number of unbranched alkanes of at least 4 members (excludes halogenated alkanes) is 22. The number of aliphatic hydroxyl groups is 7. The summed E-state index contributed by atoms with van der Waals surface area (Å²) in [5.41, 5.74) is 0. The van der Waals surface area contributed by atoms with E-state index in [1.165, 1.54) is 116 Å². The molecule has 7 N–H and O–H groups in total.